The minimum atomic E-state index is -0.344. The Labute approximate surface area is 153 Å². The van der Waals surface area contributed by atoms with Crippen molar-refractivity contribution in [2.45, 2.75) is 26.2 Å². The first kappa shape index (κ1) is 18.6. The lowest BCUT2D eigenvalue weighted by molar-refractivity contribution is -0.124. The number of amides is 3. The van der Waals surface area contributed by atoms with E-state index in [9.17, 15) is 14.0 Å². The zero-order valence-electron chi connectivity index (χ0n) is 15.1. The highest BCUT2D eigenvalue weighted by Crippen LogP contribution is 2.44. The Morgan fingerprint density at radius 2 is 1.96 bits per heavy atom. The minimum Gasteiger partial charge on any atom is -0.381 e. The molecule has 0 aliphatic carbocycles. The van der Waals surface area contributed by atoms with Crippen LogP contribution in [0.3, 0.4) is 0 Å². The lowest BCUT2D eigenvalue weighted by Gasteiger charge is -2.37. The van der Waals surface area contributed by atoms with Gasteiger partial charge >= 0.3 is 6.03 Å². The Hall–Kier alpha value is -2.15. The number of carbonyl (C=O) groups is 2. The van der Waals surface area contributed by atoms with Gasteiger partial charge in [0.1, 0.15) is 5.82 Å². The average Bonchev–Trinajstić information content (AvgIpc) is 3.01. The molecule has 7 heteroatoms. The fourth-order valence-corrected chi connectivity index (χ4v) is 3.88. The number of anilines is 1. The zero-order valence-corrected chi connectivity index (χ0v) is 15.1. The van der Waals surface area contributed by atoms with E-state index >= 15 is 0 Å². The first-order valence-corrected chi connectivity index (χ1v) is 9.21. The Balaban J connectivity index is 1.74. The Morgan fingerprint density at radius 3 is 2.62 bits per heavy atom. The van der Waals surface area contributed by atoms with Gasteiger partial charge in [-0.15, -0.1) is 0 Å². The number of nitrogens with one attached hydrogen (secondary N) is 2. The van der Waals surface area contributed by atoms with Crippen LogP contribution in [-0.2, 0) is 9.53 Å². The highest BCUT2D eigenvalue weighted by molar-refractivity contribution is 5.94. The fourth-order valence-electron chi connectivity index (χ4n) is 3.88. The fraction of sp³-hybridized carbons (Fsp3) is 0.579. The van der Waals surface area contributed by atoms with Crippen LogP contribution in [0.4, 0.5) is 14.9 Å². The SMILES string of the molecule is CCCNC(=O)N1CC(C(=O)Nc2ccc(F)cc2)C2(CCOCC2)C1. The number of likely N-dealkylation sites (tertiary alicyclic amines) is 1. The van der Waals surface area contributed by atoms with E-state index in [1.165, 1.54) is 12.1 Å². The third-order valence-electron chi connectivity index (χ3n) is 5.38. The quantitative estimate of drug-likeness (QED) is 0.864. The molecule has 2 saturated heterocycles. The van der Waals surface area contributed by atoms with Gasteiger partial charge in [-0.25, -0.2) is 9.18 Å². The van der Waals surface area contributed by atoms with E-state index in [-0.39, 0.29) is 29.1 Å². The highest BCUT2D eigenvalue weighted by atomic mass is 19.1. The molecule has 0 aromatic heterocycles. The molecule has 1 spiro atoms. The number of hydrogen-bond donors (Lipinski definition) is 2. The average molecular weight is 363 g/mol. The summed E-state index contributed by atoms with van der Waals surface area (Å²) >= 11 is 0. The van der Waals surface area contributed by atoms with Crippen LogP contribution in [0.25, 0.3) is 0 Å². The van der Waals surface area contributed by atoms with E-state index in [0.29, 0.717) is 38.5 Å². The van der Waals surface area contributed by atoms with Crippen LogP contribution in [0.1, 0.15) is 26.2 Å². The molecule has 2 aliphatic rings. The number of carbonyl (C=O) groups excluding carboxylic acids is 2. The maximum Gasteiger partial charge on any atom is 0.317 e. The van der Waals surface area contributed by atoms with Crippen LogP contribution in [0.5, 0.6) is 0 Å². The van der Waals surface area contributed by atoms with E-state index in [0.717, 1.165) is 19.3 Å². The van der Waals surface area contributed by atoms with Crippen LogP contribution in [-0.4, -0.2) is 49.7 Å². The van der Waals surface area contributed by atoms with Crippen molar-refractivity contribution in [3.05, 3.63) is 30.1 Å². The van der Waals surface area contributed by atoms with Crippen molar-refractivity contribution in [1.82, 2.24) is 10.2 Å². The molecule has 1 aromatic rings. The molecule has 1 aromatic carbocycles. The molecular weight excluding hydrogens is 337 g/mol. The van der Waals surface area contributed by atoms with Gasteiger partial charge in [-0.3, -0.25) is 4.79 Å². The maximum absolute atomic E-state index is 13.1. The van der Waals surface area contributed by atoms with Crippen LogP contribution < -0.4 is 10.6 Å². The van der Waals surface area contributed by atoms with Crippen LogP contribution in [0.2, 0.25) is 0 Å². The Morgan fingerprint density at radius 1 is 1.27 bits per heavy atom. The third-order valence-corrected chi connectivity index (χ3v) is 5.38. The lowest BCUT2D eigenvalue weighted by atomic mass is 9.71. The Bertz CT molecular complexity index is 644. The minimum absolute atomic E-state index is 0.116. The number of rotatable bonds is 4. The summed E-state index contributed by atoms with van der Waals surface area (Å²) in [6.07, 6.45) is 2.38. The number of urea groups is 1. The van der Waals surface area contributed by atoms with E-state index in [2.05, 4.69) is 10.6 Å². The topological polar surface area (TPSA) is 70.7 Å². The molecule has 0 radical (unpaired) electrons. The van der Waals surface area contributed by atoms with Crippen LogP contribution >= 0.6 is 0 Å². The van der Waals surface area contributed by atoms with Gasteiger partial charge in [0.05, 0.1) is 5.92 Å². The van der Waals surface area contributed by atoms with Crippen molar-refractivity contribution >= 4 is 17.6 Å². The van der Waals surface area contributed by atoms with Gasteiger partial charge in [-0.1, -0.05) is 6.92 Å². The summed E-state index contributed by atoms with van der Waals surface area (Å²) in [4.78, 5) is 27.1. The molecule has 3 rings (SSSR count). The molecule has 142 valence electrons. The predicted octanol–water partition coefficient (Wildman–Crippen LogP) is 2.61. The zero-order chi connectivity index (χ0) is 18.6. The first-order chi connectivity index (χ1) is 12.5. The molecular formula is C19H26FN3O3. The van der Waals surface area contributed by atoms with Gasteiger partial charge < -0.3 is 20.3 Å². The standard InChI is InChI=1S/C19H26FN3O3/c1-2-9-21-18(25)23-12-16(19(13-23)7-10-26-11-8-19)17(24)22-15-5-3-14(20)4-6-15/h3-6,16H,2,7-13H2,1H3,(H,21,25)(H,22,24). The Kier molecular flexibility index (Phi) is 5.76. The van der Waals surface area contributed by atoms with E-state index < -0.39 is 0 Å². The maximum atomic E-state index is 13.1. The molecule has 2 N–H and O–H groups in total. The highest BCUT2D eigenvalue weighted by Gasteiger charge is 2.51. The van der Waals surface area contributed by atoms with Crippen molar-refractivity contribution in [1.29, 1.82) is 0 Å². The predicted molar refractivity (Wildman–Crippen MR) is 96.3 cm³/mol. The summed E-state index contributed by atoms with van der Waals surface area (Å²) in [5.41, 5.74) is 0.304. The number of nitrogens with zero attached hydrogens (tertiary/aromatic N) is 1. The number of hydrogen-bond acceptors (Lipinski definition) is 3. The molecule has 0 bridgehead atoms. The van der Waals surface area contributed by atoms with E-state index in [4.69, 9.17) is 4.74 Å². The monoisotopic (exact) mass is 363 g/mol. The normalized spacial score (nSPS) is 21.6. The van der Waals surface area contributed by atoms with Gasteiger partial charge in [0.2, 0.25) is 5.91 Å². The molecule has 2 heterocycles. The van der Waals surface area contributed by atoms with Crippen molar-refractivity contribution in [3.63, 3.8) is 0 Å². The summed E-state index contributed by atoms with van der Waals surface area (Å²) in [6.45, 7) is 4.78. The molecule has 0 saturated carbocycles. The molecule has 3 amide bonds. The van der Waals surface area contributed by atoms with Gasteiger partial charge in [-0.05, 0) is 43.5 Å². The summed E-state index contributed by atoms with van der Waals surface area (Å²) < 4.78 is 18.6. The van der Waals surface area contributed by atoms with Gasteiger partial charge in [0, 0.05) is 44.0 Å². The molecule has 1 unspecified atom stereocenters. The smallest absolute Gasteiger partial charge is 0.317 e. The van der Waals surface area contributed by atoms with Crippen molar-refractivity contribution in [2.24, 2.45) is 11.3 Å². The lowest BCUT2D eigenvalue weighted by Crippen LogP contribution is -2.42. The molecule has 26 heavy (non-hydrogen) atoms. The molecule has 1 atom stereocenters. The van der Waals surface area contributed by atoms with E-state index in [1.807, 2.05) is 6.92 Å². The van der Waals surface area contributed by atoms with Crippen LogP contribution in [0.15, 0.2) is 24.3 Å². The van der Waals surface area contributed by atoms with E-state index in [1.54, 1.807) is 17.0 Å². The summed E-state index contributed by atoms with van der Waals surface area (Å²) in [7, 11) is 0. The van der Waals surface area contributed by atoms with Gasteiger partial charge in [0.25, 0.3) is 0 Å². The van der Waals surface area contributed by atoms with Crippen LogP contribution in [0, 0.1) is 17.2 Å². The summed E-state index contributed by atoms with van der Waals surface area (Å²) in [6, 6.07) is 5.61. The van der Waals surface area contributed by atoms with Crippen molar-refractivity contribution in [3.8, 4) is 0 Å². The molecule has 2 aliphatic heterocycles. The second kappa shape index (κ2) is 8.03. The number of benzene rings is 1. The molecule has 2 fully saturated rings. The third kappa shape index (κ3) is 3.98. The number of halogens is 1. The second-order valence-electron chi connectivity index (χ2n) is 7.14. The summed E-state index contributed by atoms with van der Waals surface area (Å²) in [5, 5.41) is 5.77. The summed E-state index contributed by atoms with van der Waals surface area (Å²) in [5.74, 6) is -0.767. The van der Waals surface area contributed by atoms with Crippen molar-refractivity contribution in [2.75, 3.05) is 38.2 Å². The van der Waals surface area contributed by atoms with Crippen molar-refractivity contribution < 1.29 is 18.7 Å². The second-order valence-corrected chi connectivity index (χ2v) is 7.14. The number of ether oxygens (including phenoxy) is 1. The molecule has 6 nitrogen and oxygen atoms in total. The van der Waals surface area contributed by atoms with Gasteiger partial charge in [-0.2, -0.15) is 0 Å². The first-order valence-electron chi connectivity index (χ1n) is 9.21. The van der Waals surface area contributed by atoms with Gasteiger partial charge in [0.15, 0.2) is 0 Å². The largest absolute Gasteiger partial charge is 0.381 e.